The first-order valence-corrected chi connectivity index (χ1v) is 6.91. The summed E-state index contributed by atoms with van der Waals surface area (Å²) >= 11 is 0. The lowest BCUT2D eigenvalue weighted by Crippen LogP contribution is -2.19. The van der Waals surface area contributed by atoms with Gasteiger partial charge < -0.3 is 10.1 Å². The van der Waals surface area contributed by atoms with Gasteiger partial charge in [-0.3, -0.25) is 9.59 Å². The largest absolute Gasteiger partial charge is 0.434 e. The van der Waals surface area contributed by atoms with Crippen LogP contribution >= 0.6 is 0 Å². The summed E-state index contributed by atoms with van der Waals surface area (Å²) in [7, 11) is 0. The molecule has 0 spiro atoms. The maximum atomic E-state index is 12.4. The second kappa shape index (κ2) is 7.49. The summed E-state index contributed by atoms with van der Waals surface area (Å²) in [5, 5.41) is 2.63. The van der Waals surface area contributed by atoms with E-state index in [0.717, 1.165) is 5.56 Å². The van der Waals surface area contributed by atoms with Crippen LogP contribution in [0.1, 0.15) is 28.8 Å². The number of anilines is 1. The Balaban J connectivity index is 2.16. The van der Waals surface area contributed by atoms with Crippen molar-refractivity contribution in [2.45, 2.75) is 19.5 Å². The molecule has 0 aliphatic carbocycles. The molecule has 6 heteroatoms. The van der Waals surface area contributed by atoms with Crippen LogP contribution in [0.15, 0.2) is 48.5 Å². The van der Waals surface area contributed by atoms with Crippen LogP contribution < -0.4 is 10.1 Å². The standard InChI is InChI=1S/C17H15F2NO3/c1-11(12-5-3-2-4-6-12)16(22)20-14-8-7-13(10-21)15(9-14)23-17(18)19/h2-11,17H,1H3,(H,20,22)/t11-/m1/s1. The Morgan fingerprint density at radius 1 is 1.17 bits per heavy atom. The maximum Gasteiger partial charge on any atom is 0.387 e. The molecule has 0 aliphatic heterocycles. The highest BCUT2D eigenvalue weighted by atomic mass is 19.3. The summed E-state index contributed by atoms with van der Waals surface area (Å²) < 4.78 is 29.0. The molecule has 0 fully saturated rings. The molecule has 0 unspecified atom stereocenters. The van der Waals surface area contributed by atoms with Gasteiger partial charge in [0.25, 0.3) is 0 Å². The fourth-order valence-electron chi connectivity index (χ4n) is 2.05. The Labute approximate surface area is 132 Å². The van der Waals surface area contributed by atoms with Crippen molar-refractivity contribution < 1.29 is 23.1 Å². The predicted octanol–water partition coefficient (Wildman–Crippen LogP) is 3.84. The fourth-order valence-corrected chi connectivity index (χ4v) is 2.05. The number of nitrogens with one attached hydrogen (secondary N) is 1. The van der Waals surface area contributed by atoms with Crippen LogP contribution in [0.5, 0.6) is 5.75 Å². The van der Waals surface area contributed by atoms with Crippen molar-refractivity contribution >= 4 is 17.9 Å². The molecule has 0 saturated carbocycles. The Morgan fingerprint density at radius 3 is 2.48 bits per heavy atom. The molecule has 0 bridgehead atoms. The lowest BCUT2D eigenvalue weighted by atomic mass is 10.0. The first kappa shape index (κ1) is 16.6. The van der Waals surface area contributed by atoms with Gasteiger partial charge in [0.05, 0.1) is 11.5 Å². The number of rotatable bonds is 6. The quantitative estimate of drug-likeness (QED) is 0.823. The third-order valence-electron chi connectivity index (χ3n) is 3.32. The zero-order valence-electron chi connectivity index (χ0n) is 12.3. The summed E-state index contributed by atoms with van der Waals surface area (Å²) in [5.74, 6) is -0.986. The van der Waals surface area contributed by atoms with E-state index in [1.54, 1.807) is 6.92 Å². The van der Waals surface area contributed by atoms with Crippen molar-refractivity contribution in [2.75, 3.05) is 5.32 Å². The van der Waals surface area contributed by atoms with Crippen LogP contribution in [-0.4, -0.2) is 18.8 Å². The number of ether oxygens (including phenoxy) is 1. The monoisotopic (exact) mass is 319 g/mol. The van der Waals surface area contributed by atoms with Gasteiger partial charge in [-0.05, 0) is 24.6 Å². The van der Waals surface area contributed by atoms with E-state index < -0.39 is 12.5 Å². The number of carbonyl (C=O) groups excluding carboxylic acids is 2. The van der Waals surface area contributed by atoms with E-state index in [1.165, 1.54) is 18.2 Å². The normalized spacial score (nSPS) is 11.8. The number of hydrogen-bond acceptors (Lipinski definition) is 3. The van der Waals surface area contributed by atoms with Gasteiger partial charge in [0.1, 0.15) is 5.75 Å². The SMILES string of the molecule is C[C@@H](C(=O)Nc1ccc(C=O)c(OC(F)F)c1)c1ccccc1. The highest BCUT2D eigenvalue weighted by Gasteiger charge is 2.16. The third kappa shape index (κ3) is 4.35. The molecule has 120 valence electrons. The van der Waals surface area contributed by atoms with E-state index in [4.69, 9.17) is 0 Å². The van der Waals surface area contributed by atoms with Crippen molar-refractivity contribution in [2.24, 2.45) is 0 Å². The molecule has 2 aromatic rings. The molecular formula is C17H15F2NO3. The van der Waals surface area contributed by atoms with Gasteiger partial charge in [-0.2, -0.15) is 8.78 Å². The van der Waals surface area contributed by atoms with Gasteiger partial charge in [0, 0.05) is 11.8 Å². The minimum absolute atomic E-state index is 0.0144. The molecule has 23 heavy (non-hydrogen) atoms. The van der Waals surface area contributed by atoms with Crippen molar-refractivity contribution in [3.63, 3.8) is 0 Å². The smallest absolute Gasteiger partial charge is 0.387 e. The van der Waals surface area contributed by atoms with Crippen LogP contribution in [0, 0.1) is 0 Å². The summed E-state index contributed by atoms with van der Waals surface area (Å²) in [6, 6.07) is 13.1. The maximum absolute atomic E-state index is 12.4. The van der Waals surface area contributed by atoms with Crippen molar-refractivity contribution in [3.8, 4) is 5.75 Å². The minimum Gasteiger partial charge on any atom is -0.434 e. The van der Waals surface area contributed by atoms with Crippen LogP contribution in [0.3, 0.4) is 0 Å². The van der Waals surface area contributed by atoms with Gasteiger partial charge in [-0.15, -0.1) is 0 Å². The Morgan fingerprint density at radius 2 is 1.87 bits per heavy atom. The molecule has 1 amide bonds. The number of hydrogen-bond donors (Lipinski definition) is 1. The van der Waals surface area contributed by atoms with E-state index in [9.17, 15) is 18.4 Å². The van der Waals surface area contributed by atoms with Crippen molar-refractivity contribution in [3.05, 3.63) is 59.7 Å². The highest BCUT2D eigenvalue weighted by Crippen LogP contribution is 2.25. The van der Waals surface area contributed by atoms with E-state index in [2.05, 4.69) is 10.1 Å². The fraction of sp³-hybridized carbons (Fsp3) is 0.176. The molecule has 4 nitrogen and oxygen atoms in total. The first-order valence-electron chi connectivity index (χ1n) is 6.91. The zero-order valence-corrected chi connectivity index (χ0v) is 12.3. The molecule has 0 radical (unpaired) electrons. The van der Waals surface area contributed by atoms with Gasteiger partial charge in [-0.25, -0.2) is 0 Å². The molecule has 1 N–H and O–H groups in total. The van der Waals surface area contributed by atoms with E-state index in [1.807, 2.05) is 30.3 Å². The van der Waals surface area contributed by atoms with E-state index in [-0.39, 0.29) is 22.9 Å². The number of amides is 1. The Hall–Kier alpha value is -2.76. The number of alkyl halides is 2. The summed E-state index contributed by atoms with van der Waals surface area (Å²) in [4.78, 5) is 23.1. The molecule has 1 atom stereocenters. The first-order chi connectivity index (χ1) is 11.0. The summed E-state index contributed by atoms with van der Waals surface area (Å²) in [5.41, 5.74) is 1.09. The second-order valence-corrected chi connectivity index (χ2v) is 4.87. The van der Waals surface area contributed by atoms with Crippen molar-refractivity contribution in [1.29, 1.82) is 0 Å². The van der Waals surface area contributed by atoms with Gasteiger partial charge >= 0.3 is 6.61 Å². The molecule has 2 aromatic carbocycles. The second-order valence-electron chi connectivity index (χ2n) is 4.87. The molecule has 0 aliphatic rings. The van der Waals surface area contributed by atoms with Crippen LogP contribution in [0.25, 0.3) is 0 Å². The molecular weight excluding hydrogens is 304 g/mol. The Kier molecular flexibility index (Phi) is 5.41. The third-order valence-corrected chi connectivity index (χ3v) is 3.32. The average molecular weight is 319 g/mol. The van der Waals surface area contributed by atoms with Crippen LogP contribution in [-0.2, 0) is 4.79 Å². The number of benzene rings is 2. The number of carbonyl (C=O) groups is 2. The van der Waals surface area contributed by atoms with Gasteiger partial charge in [0.2, 0.25) is 5.91 Å². The zero-order chi connectivity index (χ0) is 16.8. The average Bonchev–Trinajstić information content (AvgIpc) is 2.54. The molecule has 2 rings (SSSR count). The topological polar surface area (TPSA) is 55.4 Å². The van der Waals surface area contributed by atoms with Crippen LogP contribution in [0.2, 0.25) is 0 Å². The highest BCUT2D eigenvalue weighted by molar-refractivity contribution is 5.96. The van der Waals surface area contributed by atoms with E-state index >= 15 is 0 Å². The van der Waals surface area contributed by atoms with E-state index in [0.29, 0.717) is 6.29 Å². The Bertz CT molecular complexity index is 689. The van der Waals surface area contributed by atoms with Gasteiger partial charge in [0.15, 0.2) is 6.29 Å². The van der Waals surface area contributed by atoms with Crippen molar-refractivity contribution in [1.82, 2.24) is 0 Å². The van der Waals surface area contributed by atoms with Crippen LogP contribution in [0.4, 0.5) is 14.5 Å². The van der Waals surface area contributed by atoms with Gasteiger partial charge in [-0.1, -0.05) is 30.3 Å². The minimum atomic E-state index is -3.05. The molecule has 0 saturated heterocycles. The lowest BCUT2D eigenvalue weighted by Gasteiger charge is -2.14. The number of aldehydes is 1. The lowest BCUT2D eigenvalue weighted by molar-refractivity contribution is -0.117. The summed E-state index contributed by atoms with van der Waals surface area (Å²) in [6.45, 7) is -1.32. The molecule has 0 aromatic heterocycles. The summed E-state index contributed by atoms with van der Waals surface area (Å²) in [6.07, 6.45) is 0.413. The molecule has 0 heterocycles. The predicted molar refractivity (Wildman–Crippen MR) is 81.9 cm³/mol. The number of halogens is 2.